The number of pyridine rings is 1. The number of aryl methyl sites for hydroxylation is 1. The van der Waals surface area contributed by atoms with Gasteiger partial charge in [0.15, 0.2) is 0 Å². The van der Waals surface area contributed by atoms with Crippen molar-refractivity contribution in [2.75, 3.05) is 0 Å². The molecular formula is C33H38N5O4+. The third kappa shape index (κ3) is 6.29. The molecule has 218 valence electrons. The lowest BCUT2D eigenvalue weighted by atomic mass is 9.92. The van der Waals surface area contributed by atoms with Crippen molar-refractivity contribution in [3.8, 4) is 17.3 Å². The Morgan fingerprint density at radius 3 is 2.64 bits per heavy atom. The van der Waals surface area contributed by atoms with Crippen LogP contribution in [0.3, 0.4) is 0 Å². The summed E-state index contributed by atoms with van der Waals surface area (Å²) in [5.74, 6) is -0.342. The maximum Gasteiger partial charge on any atom is 0.342 e. The summed E-state index contributed by atoms with van der Waals surface area (Å²) in [4.78, 5) is 41.1. The predicted octanol–water partition coefficient (Wildman–Crippen LogP) is 5.54. The molecule has 1 aromatic carbocycles. The molecule has 0 amide bonds. The third-order valence-electron chi connectivity index (χ3n) is 8.04. The number of nitrogens with zero attached hydrogens (tertiary/aromatic N) is 4. The van der Waals surface area contributed by atoms with Gasteiger partial charge in [-0.15, -0.1) is 4.52 Å². The highest BCUT2D eigenvalue weighted by atomic mass is 17.2. The van der Waals surface area contributed by atoms with Crippen molar-refractivity contribution in [1.82, 2.24) is 14.6 Å². The number of H-pyrrole nitrogens is 1. The molecule has 5 rings (SSSR count). The minimum atomic E-state index is -0.342. The minimum absolute atomic E-state index is 0.0106. The highest BCUT2D eigenvalue weighted by Gasteiger charge is 2.33. The Labute approximate surface area is 245 Å². The van der Waals surface area contributed by atoms with Gasteiger partial charge in [0.2, 0.25) is 0 Å². The molecule has 3 heterocycles. The van der Waals surface area contributed by atoms with Gasteiger partial charge in [0.25, 0.3) is 0 Å². The largest absolute Gasteiger partial charge is 0.342 e. The predicted molar refractivity (Wildman–Crippen MR) is 157 cm³/mol. The monoisotopic (exact) mass is 568 g/mol. The fraction of sp³-hybridized carbons (Fsp3) is 0.424. The van der Waals surface area contributed by atoms with Crippen LogP contribution >= 0.6 is 0 Å². The van der Waals surface area contributed by atoms with Crippen molar-refractivity contribution in [1.29, 1.82) is 5.26 Å². The first kappa shape index (κ1) is 29.2. The maximum absolute atomic E-state index is 14.3. The lowest BCUT2D eigenvalue weighted by molar-refractivity contribution is -0.589. The number of carbonyl (C=O) groups excluding carboxylic acids is 1. The van der Waals surface area contributed by atoms with Gasteiger partial charge in [-0.05, 0) is 56.2 Å². The highest BCUT2D eigenvalue weighted by molar-refractivity contribution is 5.68. The van der Waals surface area contributed by atoms with E-state index in [-0.39, 0.29) is 23.7 Å². The molecule has 1 aliphatic rings. The van der Waals surface area contributed by atoms with Gasteiger partial charge in [0.05, 0.1) is 22.9 Å². The van der Waals surface area contributed by atoms with Crippen LogP contribution in [0.25, 0.3) is 16.9 Å². The molecule has 3 aromatic heterocycles. The fourth-order valence-electron chi connectivity index (χ4n) is 5.84. The number of benzene rings is 1. The van der Waals surface area contributed by atoms with Crippen LogP contribution in [-0.2, 0) is 27.4 Å². The van der Waals surface area contributed by atoms with E-state index in [1.807, 2.05) is 60.3 Å². The summed E-state index contributed by atoms with van der Waals surface area (Å²) in [6, 6.07) is 15.6. The summed E-state index contributed by atoms with van der Waals surface area (Å²) in [6.45, 7) is 4.08. The Balaban J connectivity index is 1.43. The zero-order chi connectivity index (χ0) is 29.5. The SMILES string of the molecule is CCCCc1c(Cc2ccc(-c3ccccc3C#N)nc2)c(=O)n(C2CCC(OOC(=O)CCC)CC2)c2cc[nH][n+]12. The number of hydrogen-bond donors (Lipinski definition) is 1. The van der Waals surface area contributed by atoms with Crippen molar-refractivity contribution < 1.29 is 19.1 Å². The summed E-state index contributed by atoms with van der Waals surface area (Å²) < 4.78 is 4.00. The molecule has 0 bridgehead atoms. The normalized spacial score (nSPS) is 16.8. The van der Waals surface area contributed by atoms with Gasteiger partial charge >= 0.3 is 17.2 Å². The van der Waals surface area contributed by atoms with E-state index in [0.717, 1.165) is 65.8 Å². The Hall–Kier alpha value is -4.29. The highest BCUT2D eigenvalue weighted by Crippen LogP contribution is 2.31. The number of unbranched alkanes of at least 4 members (excludes halogenated alkanes) is 1. The van der Waals surface area contributed by atoms with Crippen LogP contribution in [0.1, 0.15) is 93.6 Å². The van der Waals surface area contributed by atoms with Crippen molar-refractivity contribution in [3.63, 3.8) is 0 Å². The van der Waals surface area contributed by atoms with Crippen molar-refractivity contribution >= 4 is 11.6 Å². The van der Waals surface area contributed by atoms with Crippen LogP contribution in [0.15, 0.2) is 59.7 Å². The Morgan fingerprint density at radius 2 is 1.93 bits per heavy atom. The number of aromatic nitrogens is 4. The molecule has 0 unspecified atom stereocenters. The van der Waals surface area contributed by atoms with Gasteiger partial charge < -0.3 is 0 Å². The second-order valence-electron chi connectivity index (χ2n) is 11.0. The molecule has 9 nitrogen and oxygen atoms in total. The average Bonchev–Trinajstić information content (AvgIpc) is 3.50. The standard InChI is InChI=1S/C33H37N5O4/c1-3-5-11-30-28(20-23-12-17-29(35-22-23)27-10-7-6-9-24(27)21-34)33(40)37(31-18-19-36-38(30)31)25-13-15-26(16-14-25)41-42-32(39)8-4-2/h6-7,9-10,12,17-19,22,25-26H,3-5,8,11,13-16,20H2,1-2H3/p+1. The first-order valence-electron chi connectivity index (χ1n) is 15.0. The van der Waals surface area contributed by atoms with Crippen molar-refractivity contribution in [2.24, 2.45) is 0 Å². The molecule has 1 saturated carbocycles. The molecule has 0 atom stereocenters. The van der Waals surface area contributed by atoms with E-state index in [2.05, 4.69) is 27.6 Å². The Bertz CT molecular complexity index is 1630. The molecule has 0 aliphatic heterocycles. The van der Waals surface area contributed by atoms with Crippen LogP contribution < -0.4 is 10.1 Å². The number of carbonyl (C=O) groups is 1. The van der Waals surface area contributed by atoms with E-state index in [0.29, 0.717) is 37.7 Å². The summed E-state index contributed by atoms with van der Waals surface area (Å²) in [5.41, 5.74) is 5.68. The molecule has 0 radical (unpaired) electrons. The van der Waals surface area contributed by atoms with E-state index >= 15 is 0 Å². The lowest BCUT2D eigenvalue weighted by Crippen LogP contribution is -2.43. The fourth-order valence-corrected chi connectivity index (χ4v) is 5.84. The van der Waals surface area contributed by atoms with Gasteiger partial charge in [-0.25, -0.2) is 14.7 Å². The molecule has 9 heteroatoms. The van der Waals surface area contributed by atoms with Gasteiger partial charge in [0, 0.05) is 43.3 Å². The molecule has 0 saturated heterocycles. The van der Waals surface area contributed by atoms with Crippen LogP contribution in [-0.4, -0.2) is 26.7 Å². The van der Waals surface area contributed by atoms with E-state index in [1.54, 1.807) is 6.07 Å². The number of aromatic amines is 1. The van der Waals surface area contributed by atoms with E-state index in [4.69, 9.17) is 9.78 Å². The molecule has 42 heavy (non-hydrogen) atoms. The smallest absolute Gasteiger partial charge is 0.298 e. The Morgan fingerprint density at radius 1 is 1.12 bits per heavy atom. The molecule has 1 aliphatic carbocycles. The van der Waals surface area contributed by atoms with Gasteiger partial charge in [-0.2, -0.15) is 14.7 Å². The number of nitrogens with one attached hydrogen (secondary N) is 1. The number of hydrogen-bond acceptors (Lipinski definition) is 6. The molecule has 4 aromatic rings. The zero-order valence-corrected chi connectivity index (χ0v) is 24.3. The molecule has 0 spiro atoms. The summed E-state index contributed by atoms with van der Waals surface area (Å²) in [7, 11) is 0. The van der Waals surface area contributed by atoms with Crippen LogP contribution in [0.5, 0.6) is 0 Å². The quantitative estimate of drug-likeness (QED) is 0.144. The topological polar surface area (TPSA) is 114 Å². The summed E-state index contributed by atoms with van der Waals surface area (Å²) >= 11 is 0. The third-order valence-corrected chi connectivity index (χ3v) is 8.04. The molecule has 1 fully saturated rings. The summed E-state index contributed by atoms with van der Waals surface area (Å²) in [5, 5.41) is 12.9. The zero-order valence-electron chi connectivity index (χ0n) is 24.3. The van der Waals surface area contributed by atoms with Crippen LogP contribution in [0.2, 0.25) is 0 Å². The van der Waals surface area contributed by atoms with Crippen LogP contribution in [0, 0.1) is 11.3 Å². The number of fused-ring (bicyclic) bond motifs is 1. The van der Waals surface area contributed by atoms with E-state index in [9.17, 15) is 14.9 Å². The average molecular weight is 569 g/mol. The first-order valence-corrected chi connectivity index (χ1v) is 15.0. The minimum Gasteiger partial charge on any atom is -0.298 e. The first-order chi connectivity index (χ1) is 20.5. The van der Waals surface area contributed by atoms with E-state index < -0.39 is 0 Å². The summed E-state index contributed by atoms with van der Waals surface area (Å²) in [6.07, 6.45) is 10.7. The van der Waals surface area contributed by atoms with Crippen molar-refractivity contribution in [3.05, 3.63) is 87.6 Å². The van der Waals surface area contributed by atoms with Crippen molar-refractivity contribution in [2.45, 2.75) is 90.2 Å². The lowest BCUT2D eigenvalue weighted by Gasteiger charge is -2.26. The van der Waals surface area contributed by atoms with Crippen LogP contribution in [0.4, 0.5) is 0 Å². The second kappa shape index (κ2) is 13.6. The van der Waals surface area contributed by atoms with Gasteiger partial charge in [-0.3, -0.25) is 9.87 Å². The Kier molecular flexibility index (Phi) is 9.45. The molecular weight excluding hydrogens is 530 g/mol. The number of nitriles is 1. The second-order valence-corrected chi connectivity index (χ2v) is 11.0. The maximum atomic E-state index is 14.3. The van der Waals surface area contributed by atoms with Gasteiger partial charge in [-0.1, -0.05) is 44.5 Å². The molecule has 1 N–H and O–H groups in total. The number of rotatable bonds is 11. The van der Waals surface area contributed by atoms with E-state index in [1.165, 1.54) is 0 Å². The van der Waals surface area contributed by atoms with Gasteiger partial charge in [0.1, 0.15) is 17.8 Å².